The van der Waals surface area contributed by atoms with E-state index in [1.807, 2.05) is 28.1 Å². The number of carbonyl (C=O) groups is 1. The number of nitrogens with one attached hydrogen (secondary N) is 1. The van der Waals surface area contributed by atoms with Gasteiger partial charge in [0, 0.05) is 6.42 Å². The number of quaternary nitrogens is 1. The second-order valence-electron chi connectivity index (χ2n) is 23.3. The van der Waals surface area contributed by atoms with Crippen molar-refractivity contribution in [2.75, 3.05) is 40.9 Å². The fourth-order valence-corrected chi connectivity index (χ4v) is 10.5. The van der Waals surface area contributed by atoms with Crippen molar-refractivity contribution in [1.82, 2.24) is 5.32 Å². The van der Waals surface area contributed by atoms with E-state index in [0.717, 1.165) is 51.4 Å². The fourth-order valence-electron chi connectivity index (χ4n) is 9.78. The van der Waals surface area contributed by atoms with Crippen LogP contribution < -0.4 is 5.32 Å². The lowest BCUT2D eigenvalue weighted by molar-refractivity contribution is -0.870. The number of phosphoric acid groups is 1. The number of phosphoric ester groups is 1. The van der Waals surface area contributed by atoms with Crippen LogP contribution >= 0.6 is 7.82 Å². The first kappa shape index (κ1) is 72.7. The molecule has 0 bridgehead atoms. The van der Waals surface area contributed by atoms with Gasteiger partial charge in [-0.05, 0) is 58.3 Å². The van der Waals surface area contributed by atoms with E-state index >= 15 is 0 Å². The number of unbranched alkanes of at least 4 members (excludes halogenated alkanes) is 40. The molecule has 0 aliphatic rings. The highest BCUT2D eigenvalue weighted by Gasteiger charge is 2.32. The van der Waals surface area contributed by atoms with Gasteiger partial charge in [-0.2, -0.15) is 0 Å². The van der Waals surface area contributed by atoms with Gasteiger partial charge >= 0.3 is 7.82 Å². The Bertz CT molecular complexity index is 1320. The van der Waals surface area contributed by atoms with Crippen LogP contribution in [0.3, 0.4) is 0 Å². The number of rotatable bonds is 59. The van der Waals surface area contributed by atoms with Crippen LogP contribution in [-0.2, 0) is 18.4 Å². The summed E-state index contributed by atoms with van der Waals surface area (Å²) in [4.78, 5) is 23.3. The summed E-state index contributed by atoms with van der Waals surface area (Å²) in [7, 11) is 1.41. The minimum Gasteiger partial charge on any atom is -0.390 e. The number of nitrogens with zero attached hydrogens (tertiary/aromatic N) is 1. The molecule has 438 valence electrons. The molecule has 0 heterocycles. The van der Waals surface area contributed by atoms with Crippen LogP contribution in [0.15, 0.2) is 36.5 Å². The smallest absolute Gasteiger partial charge is 0.390 e. The minimum absolute atomic E-state index is 0.0135. The van der Waals surface area contributed by atoms with Gasteiger partial charge in [0.1, 0.15) is 19.3 Å². The molecule has 1 amide bonds. The fraction of sp³-hybridized carbons (Fsp3) is 0.891. The summed E-state index contributed by atoms with van der Waals surface area (Å²) in [5.74, 6) is -0.270. The average molecular weight is 1070 g/mol. The zero-order valence-corrected chi connectivity index (χ0v) is 50.6. The lowest BCUT2D eigenvalue weighted by Gasteiger charge is -2.28. The highest BCUT2D eigenvalue weighted by molar-refractivity contribution is 7.47. The minimum atomic E-state index is -4.43. The Balaban J connectivity index is 3.92. The van der Waals surface area contributed by atoms with Gasteiger partial charge in [0.05, 0.1) is 39.9 Å². The van der Waals surface area contributed by atoms with Crippen LogP contribution in [0, 0.1) is 0 Å². The molecule has 10 heteroatoms. The second-order valence-corrected chi connectivity index (χ2v) is 24.7. The molecule has 4 N–H and O–H groups in total. The molecule has 0 fully saturated rings. The van der Waals surface area contributed by atoms with Crippen molar-refractivity contribution < 1.29 is 38.0 Å². The largest absolute Gasteiger partial charge is 0.472 e. The maximum absolute atomic E-state index is 13.0. The normalized spacial score (nSPS) is 14.4. The standard InChI is InChI=1S/C64H125N2O7P/c1-6-8-10-12-14-16-18-20-21-22-23-24-25-26-27-28-29-30-31-32-33-34-35-36-37-38-39-40-41-42-43-44-45-47-49-51-53-55-57-63(68)65-61(60-73-74(70,71)72-59-58-66(3,4)5)64(69)62(67)56-54-52-50-48-46-19-17-15-13-11-9-7-2/h7,9,15,17,48,50,61-62,64,67,69H,6,8,10-14,16,18-47,49,51-60H2,1-5H3,(H-,65,68,70,71)/p+1. The average Bonchev–Trinajstić information content (AvgIpc) is 3.36. The number of amides is 1. The predicted octanol–water partition coefficient (Wildman–Crippen LogP) is 18.7. The second kappa shape index (κ2) is 55.0. The zero-order chi connectivity index (χ0) is 54.3. The van der Waals surface area contributed by atoms with Gasteiger partial charge in [-0.3, -0.25) is 13.8 Å². The predicted molar refractivity (Wildman–Crippen MR) is 320 cm³/mol. The Hall–Kier alpha value is -1.32. The first-order valence-corrected chi connectivity index (χ1v) is 33.4. The van der Waals surface area contributed by atoms with E-state index in [0.29, 0.717) is 23.9 Å². The molecule has 0 spiro atoms. The number of likely N-dealkylation sites (N-methyl/N-ethyl adjacent to an activating group) is 1. The molecule has 0 aromatic heterocycles. The lowest BCUT2D eigenvalue weighted by Crippen LogP contribution is -2.51. The Morgan fingerprint density at radius 3 is 1.15 bits per heavy atom. The summed E-state index contributed by atoms with van der Waals surface area (Å²) >= 11 is 0. The number of carbonyl (C=O) groups excluding carboxylic acids is 1. The van der Waals surface area contributed by atoms with Gasteiger partial charge < -0.3 is 24.9 Å². The van der Waals surface area contributed by atoms with E-state index < -0.39 is 32.7 Å². The monoisotopic (exact) mass is 1070 g/mol. The third kappa shape index (κ3) is 55.4. The van der Waals surface area contributed by atoms with Crippen LogP contribution in [-0.4, -0.2) is 84.6 Å². The van der Waals surface area contributed by atoms with Crippen molar-refractivity contribution >= 4 is 13.7 Å². The Morgan fingerprint density at radius 1 is 0.486 bits per heavy atom. The van der Waals surface area contributed by atoms with Crippen molar-refractivity contribution in [3.63, 3.8) is 0 Å². The first-order chi connectivity index (χ1) is 35.9. The summed E-state index contributed by atoms with van der Waals surface area (Å²) < 4.78 is 23.6. The quantitative estimate of drug-likeness (QED) is 0.0207. The van der Waals surface area contributed by atoms with E-state index in [9.17, 15) is 24.5 Å². The summed E-state index contributed by atoms with van der Waals surface area (Å²) in [6, 6.07) is -1.06. The Labute approximate surface area is 460 Å². The molecule has 9 nitrogen and oxygen atoms in total. The van der Waals surface area contributed by atoms with Gasteiger partial charge in [0.25, 0.3) is 0 Å². The van der Waals surface area contributed by atoms with Gasteiger partial charge in [-0.25, -0.2) is 4.57 Å². The van der Waals surface area contributed by atoms with Crippen molar-refractivity contribution in [3.05, 3.63) is 36.5 Å². The summed E-state index contributed by atoms with van der Waals surface area (Å²) in [6.07, 6.45) is 68.8. The van der Waals surface area contributed by atoms with E-state index in [1.165, 1.54) is 225 Å². The Morgan fingerprint density at radius 2 is 0.811 bits per heavy atom. The van der Waals surface area contributed by atoms with E-state index in [2.05, 4.69) is 48.7 Å². The van der Waals surface area contributed by atoms with Gasteiger partial charge in [-0.15, -0.1) is 0 Å². The van der Waals surface area contributed by atoms with Crippen molar-refractivity contribution in [2.45, 2.75) is 327 Å². The van der Waals surface area contributed by atoms with Crippen LogP contribution in [0.25, 0.3) is 0 Å². The van der Waals surface area contributed by atoms with E-state index in [4.69, 9.17) is 9.05 Å². The van der Waals surface area contributed by atoms with Crippen molar-refractivity contribution in [2.24, 2.45) is 0 Å². The third-order valence-corrected chi connectivity index (χ3v) is 15.8. The molecule has 0 radical (unpaired) electrons. The first-order valence-electron chi connectivity index (χ1n) is 31.9. The summed E-state index contributed by atoms with van der Waals surface area (Å²) in [5.41, 5.74) is 0. The van der Waals surface area contributed by atoms with Crippen LogP contribution in [0.2, 0.25) is 0 Å². The third-order valence-electron chi connectivity index (χ3n) is 14.8. The molecule has 0 aromatic rings. The molecular formula is C64H126N2O7P+. The molecule has 0 aromatic carbocycles. The molecule has 0 aliphatic carbocycles. The van der Waals surface area contributed by atoms with Crippen molar-refractivity contribution in [3.8, 4) is 0 Å². The van der Waals surface area contributed by atoms with E-state index in [1.54, 1.807) is 0 Å². The van der Waals surface area contributed by atoms with Gasteiger partial charge in [0.15, 0.2) is 0 Å². The summed E-state index contributed by atoms with van der Waals surface area (Å²) in [6.45, 7) is 4.39. The van der Waals surface area contributed by atoms with E-state index in [-0.39, 0.29) is 18.9 Å². The maximum Gasteiger partial charge on any atom is 0.472 e. The molecule has 0 saturated heterocycles. The Kier molecular flexibility index (Phi) is 54.0. The number of hydrogen-bond acceptors (Lipinski definition) is 6. The van der Waals surface area contributed by atoms with Crippen LogP contribution in [0.1, 0.15) is 309 Å². The van der Waals surface area contributed by atoms with Crippen molar-refractivity contribution in [1.29, 1.82) is 0 Å². The summed E-state index contributed by atoms with van der Waals surface area (Å²) in [5, 5.41) is 24.8. The molecule has 4 unspecified atom stereocenters. The molecule has 74 heavy (non-hydrogen) atoms. The molecule has 0 saturated carbocycles. The number of allylic oxidation sites excluding steroid dienone is 6. The molecular weight excluding hydrogens is 940 g/mol. The number of hydrogen-bond donors (Lipinski definition) is 4. The number of aliphatic hydroxyl groups is 2. The van der Waals surface area contributed by atoms with Crippen LogP contribution in [0.5, 0.6) is 0 Å². The topological polar surface area (TPSA) is 125 Å². The van der Waals surface area contributed by atoms with Gasteiger partial charge in [-0.1, -0.05) is 281 Å². The van der Waals surface area contributed by atoms with Crippen LogP contribution in [0.4, 0.5) is 0 Å². The van der Waals surface area contributed by atoms with Gasteiger partial charge in [0.2, 0.25) is 5.91 Å². The maximum atomic E-state index is 13.0. The molecule has 4 atom stereocenters. The highest BCUT2D eigenvalue weighted by atomic mass is 31.2. The highest BCUT2D eigenvalue weighted by Crippen LogP contribution is 2.43. The molecule has 0 aliphatic heterocycles. The zero-order valence-electron chi connectivity index (χ0n) is 49.7. The number of aliphatic hydroxyl groups excluding tert-OH is 2. The lowest BCUT2D eigenvalue weighted by atomic mass is 10.0. The molecule has 0 rings (SSSR count). The SMILES string of the molecule is CC=CCCC=CCCC=CCCCC(O)C(O)C(COP(=O)(O)OCC[N+](C)(C)C)NC(=O)CCCCCCCCCCCCCCCCCCCCCCCCCCCCCCCCCCCCCCCC.